The van der Waals surface area contributed by atoms with Crippen LogP contribution in [0, 0.1) is 0 Å². The minimum atomic E-state index is 0.465. The third kappa shape index (κ3) is 3.04. The zero-order valence-corrected chi connectivity index (χ0v) is 16.1. The number of anilines is 1. The van der Waals surface area contributed by atoms with Crippen molar-refractivity contribution in [3.05, 3.63) is 21.1 Å². The van der Waals surface area contributed by atoms with Crippen molar-refractivity contribution in [2.24, 2.45) is 0 Å². The maximum atomic E-state index is 5.56. The number of ether oxygens (including phenoxy) is 1. The summed E-state index contributed by atoms with van der Waals surface area (Å²) in [5.41, 5.74) is 2.26. The number of halogens is 2. The standard InChI is InChI=1S/C16H20Br2N4O/c17-12-9-14-15(10-13(12)18)22(11-1-7-23-8-2-11)16(20-14)21-5-3-19-4-6-21/h9-11,19H,1-8H2. The van der Waals surface area contributed by atoms with Gasteiger partial charge >= 0.3 is 0 Å². The summed E-state index contributed by atoms with van der Waals surface area (Å²) < 4.78 is 10.1. The Balaban J connectivity index is 1.85. The summed E-state index contributed by atoms with van der Waals surface area (Å²) in [6, 6.07) is 4.76. The summed E-state index contributed by atoms with van der Waals surface area (Å²) >= 11 is 7.25. The number of nitrogens with zero attached hydrogens (tertiary/aromatic N) is 3. The van der Waals surface area contributed by atoms with Gasteiger partial charge in [0.25, 0.3) is 0 Å². The predicted octanol–water partition coefficient (Wildman–Crippen LogP) is 3.32. The summed E-state index contributed by atoms with van der Waals surface area (Å²) in [6.07, 6.45) is 2.11. The van der Waals surface area contributed by atoms with Gasteiger partial charge in [-0.05, 0) is 56.8 Å². The highest BCUT2D eigenvalue weighted by Gasteiger charge is 2.26. The van der Waals surface area contributed by atoms with Crippen LogP contribution in [0.3, 0.4) is 0 Å². The molecule has 1 aromatic heterocycles. The summed E-state index contributed by atoms with van der Waals surface area (Å²) in [5.74, 6) is 1.11. The fourth-order valence-electron chi connectivity index (χ4n) is 3.47. The largest absolute Gasteiger partial charge is 0.381 e. The van der Waals surface area contributed by atoms with E-state index in [-0.39, 0.29) is 0 Å². The van der Waals surface area contributed by atoms with Crippen LogP contribution < -0.4 is 10.2 Å². The smallest absolute Gasteiger partial charge is 0.206 e. The predicted molar refractivity (Wildman–Crippen MR) is 99.3 cm³/mol. The summed E-state index contributed by atoms with van der Waals surface area (Å²) in [7, 11) is 0. The van der Waals surface area contributed by atoms with Crippen LogP contribution >= 0.6 is 31.9 Å². The molecule has 0 amide bonds. The molecule has 2 aliphatic rings. The van der Waals surface area contributed by atoms with E-state index in [9.17, 15) is 0 Å². The first kappa shape index (κ1) is 15.9. The molecule has 0 aliphatic carbocycles. The molecule has 2 aliphatic heterocycles. The molecule has 7 heteroatoms. The minimum absolute atomic E-state index is 0.465. The SMILES string of the molecule is Brc1cc2nc(N3CCNCC3)n(C3CCOCC3)c2cc1Br. The van der Waals surface area contributed by atoms with Crippen molar-refractivity contribution in [2.45, 2.75) is 18.9 Å². The van der Waals surface area contributed by atoms with E-state index < -0.39 is 0 Å². The Morgan fingerprint density at radius 2 is 1.78 bits per heavy atom. The van der Waals surface area contributed by atoms with E-state index in [2.05, 4.69) is 58.8 Å². The number of benzene rings is 1. The maximum Gasteiger partial charge on any atom is 0.206 e. The van der Waals surface area contributed by atoms with Crippen LogP contribution in [0.5, 0.6) is 0 Å². The second-order valence-electron chi connectivity index (χ2n) is 6.12. The van der Waals surface area contributed by atoms with E-state index in [0.29, 0.717) is 6.04 Å². The molecular weight excluding hydrogens is 424 g/mol. The number of piperazine rings is 1. The number of nitrogens with one attached hydrogen (secondary N) is 1. The average molecular weight is 444 g/mol. The Morgan fingerprint density at radius 3 is 2.52 bits per heavy atom. The Hall–Kier alpha value is -0.630. The summed E-state index contributed by atoms with van der Waals surface area (Å²) in [5, 5.41) is 3.42. The van der Waals surface area contributed by atoms with E-state index in [0.717, 1.165) is 72.6 Å². The van der Waals surface area contributed by atoms with Gasteiger partial charge in [0.1, 0.15) is 0 Å². The second-order valence-corrected chi connectivity index (χ2v) is 7.83. The molecule has 124 valence electrons. The Bertz CT molecular complexity index is 706. The zero-order valence-electron chi connectivity index (χ0n) is 12.9. The van der Waals surface area contributed by atoms with Crippen molar-refractivity contribution in [2.75, 3.05) is 44.3 Å². The molecule has 5 nitrogen and oxygen atoms in total. The fraction of sp³-hybridized carbons (Fsp3) is 0.562. The van der Waals surface area contributed by atoms with E-state index >= 15 is 0 Å². The Kier molecular flexibility index (Phi) is 4.63. The molecule has 0 atom stereocenters. The molecule has 0 radical (unpaired) electrons. The lowest BCUT2D eigenvalue weighted by molar-refractivity contribution is 0.0708. The molecule has 23 heavy (non-hydrogen) atoms. The number of fused-ring (bicyclic) bond motifs is 1. The first-order valence-corrected chi connectivity index (χ1v) is 9.73. The van der Waals surface area contributed by atoms with Crippen LogP contribution in [-0.2, 0) is 4.74 Å². The first-order valence-electron chi connectivity index (χ1n) is 8.14. The number of hydrogen-bond donors (Lipinski definition) is 1. The molecule has 1 N–H and O–H groups in total. The van der Waals surface area contributed by atoms with Gasteiger partial charge in [0.15, 0.2) is 0 Å². The number of aromatic nitrogens is 2. The van der Waals surface area contributed by atoms with Crippen LogP contribution in [0.25, 0.3) is 11.0 Å². The lowest BCUT2D eigenvalue weighted by Gasteiger charge is -2.32. The van der Waals surface area contributed by atoms with Crippen molar-refractivity contribution >= 4 is 48.8 Å². The highest BCUT2D eigenvalue weighted by Crippen LogP contribution is 2.36. The number of imidazole rings is 1. The van der Waals surface area contributed by atoms with E-state index in [1.165, 1.54) is 5.52 Å². The van der Waals surface area contributed by atoms with Crippen LogP contribution in [0.1, 0.15) is 18.9 Å². The molecule has 0 saturated carbocycles. The quantitative estimate of drug-likeness (QED) is 0.772. The first-order chi connectivity index (χ1) is 11.2. The lowest BCUT2D eigenvalue weighted by Crippen LogP contribution is -2.45. The monoisotopic (exact) mass is 442 g/mol. The highest BCUT2D eigenvalue weighted by molar-refractivity contribution is 9.13. The number of hydrogen-bond acceptors (Lipinski definition) is 4. The van der Waals surface area contributed by atoms with Gasteiger partial charge in [-0.1, -0.05) is 0 Å². The van der Waals surface area contributed by atoms with E-state index in [1.54, 1.807) is 0 Å². The van der Waals surface area contributed by atoms with Crippen LogP contribution in [0.15, 0.2) is 21.1 Å². The van der Waals surface area contributed by atoms with Gasteiger partial charge < -0.3 is 19.5 Å². The lowest BCUT2D eigenvalue weighted by atomic mass is 10.1. The van der Waals surface area contributed by atoms with Gasteiger partial charge in [-0.3, -0.25) is 0 Å². The molecule has 2 fully saturated rings. The van der Waals surface area contributed by atoms with Crippen molar-refractivity contribution in [3.8, 4) is 0 Å². The molecule has 3 heterocycles. The minimum Gasteiger partial charge on any atom is -0.381 e. The van der Waals surface area contributed by atoms with Gasteiger partial charge in [-0.15, -0.1) is 0 Å². The van der Waals surface area contributed by atoms with Gasteiger partial charge in [-0.25, -0.2) is 4.98 Å². The third-order valence-corrected chi connectivity index (χ3v) is 6.51. The van der Waals surface area contributed by atoms with Crippen LogP contribution in [0.4, 0.5) is 5.95 Å². The molecule has 0 spiro atoms. The van der Waals surface area contributed by atoms with Gasteiger partial charge in [0, 0.05) is 54.4 Å². The summed E-state index contributed by atoms with van der Waals surface area (Å²) in [6.45, 7) is 5.73. The molecule has 2 aromatic rings. The maximum absolute atomic E-state index is 5.56. The van der Waals surface area contributed by atoms with E-state index in [1.807, 2.05) is 0 Å². The Labute approximate surface area is 152 Å². The third-order valence-electron chi connectivity index (χ3n) is 4.67. The van der Waals surface area contributed by atoms with Crippen molar-refractivity contribution < 1.29 is 4.74 Å². The van der Waals surface area contributed by atoms with Crippen molar-refractivity contribution in [1.82, 2.24) is 14.9 Å². The zero-order chi connectivity index (χ0) is 15.8. The van der Waals surface area contributed by atoms with Gasteiger partial charge in [-0.2, -0.15) is 0 Å². The summed E-state index contributed by atoms with van der Waals surface area (Å²) in [4.78, 5) is 7.39. The fourth-order valence-corrected chi connectivity index (χ4v) is 4.13. The molecule has 4 rings (SSSR count). The normalized spacial score (nSPS) is 20.3. The van der Waals surface area contributed by atoms with Crippen molar-refractivity contribution in [3.63, 3.8) is 0 Å². The molecule has 0 unspecified atom stereocenters. The van der Waals surface area contributed by atoms with Crippen LogP contribution in [0.2, 0.25) is 0 Å². The molecule has 0 bridgehead atoms. The van der Waals surface area contributed by atoms with Gasteiger partial charge in [0.05, 0.1) is 11.0 Å². The molecule has 1 aromatic carbocycles. The average Bonchev–Trinajstić information content (AvgIpc) is 2.95. The van der Waals surface area contributed by atoms with Gasteiger partial charge in [0.2, 0.25) is 5.95 Å². The highest BCUT2D eigenvalue weighted by atomic mass is 79.9. The second kappa shape index (κ2) is 6.70. The number of rotatable bonds is 2. The molecule has 2 saturated heterocycles. The van der Waals surface area contributed by atoms with Crippen molar-refractivity contribution in [1.29, 1.82) is 0 Å². The van der Waals surface area contributed by atoms with Crippen LogP contribution in [-0.4, -0.2) is 48.9 Å². The molecular formula is C16H20Br2N4O. The topological polar surface area (TPSA) is 42.3 Å². The van der Waals surface area contributed by atoms with E-state index in [4.69, 9.17) is 9.72 Å². The Morgan fingerprint density at radius 1 is 1.09 bits per heavy atom.